The van der Waals surface area contributed by atoms with Crippen molar-refractivity contribution in [1.29, 1.82) is 0 Å². The maximum Gasteiger partial charge on any atom is 0.152 e. The molecule has 2 atom stereocenters. The lowest BCUT2D eigenvalue weighted by atomic mass is 10.2. The molecule has 0 bridgehead atoms. The lowest BCUT2D eigenvalue weighted by Crippen LogP contribution is -2.46. The number of nitrogens with zero attached hydrogens (tertiary/aromatic N) is 3. The first-order valence-corrected chi connectivity index (χ1v) is 7.15. The van der Waals surface area contributed by atoms with Gasteiger partial charge in [-0.15, -0.1) is 11.6 Å². The van der Waals surface area contributed by atoms with Gasteiger partial charge in [-0.2, -0.15) is 0 Å². The van der Waals surface area contributed by atoms with Crippen LogP contribution in [0.15, 0.2) is 24.4 Å². The first kappa shape index (κ1) is 12.8. The highest BCUT2D eigenvalue weighted by atomic mass is 35.5. The lowest BCUT2D eigenvalue weighted by molar-refractivity contribution is -0.00546. The zero-order valence-electron chi connectivity index (χ0n) is 11.2. The van der Waals surface area contributed by atoms with Gasteiger partial charge in [-0.25, -0.2) is 4.98 Å². The standard InChI is InChI=1S/C14H18ClN3O/c1-10-8-17(9-11(2)19-10)14-12(7-15)18-6-4-3-5-13(18)16-14/h3-6,10-11H,7-9H2,1-2H3/t10-,11+. The Kier molecular flexibility index (Phi) is 3.37. The Bertz CT molecular complexity index is 573. The number of pyridine rings is 1. The number of aromatic nitrogens is 2. The highest BCUT2D eigenvalue weighted by Crippen LogP contribution is 2.26. The van der Waals surface area contributed by atoms with Crippen LogP contribution < -0.4 is 4.90 Å². The van der Waals surface area contributed by atoms with Crippen molar-refractivity contribution in [3.8, 4) is 0 Å². The molecular formula is C14H18ClN3O. The van der Waals surface area contributed by atoms with Gasteiger partial charge in [-0.1, -0.05) is 6.07 Å². The van der Waals surface area contributed by atoms with Crippen LogP contribution in [0, 0.1) is 0 Å². The van der Waals surface area contributed by atoms with Crippen LogP contribution in [0.1, 0.15) is 19.5 Å². The minimum Gasteiger partial charge on any atom is -0.372 e. The van der Waals surface area contributed by atoms with E-state index < -0.39 is 0 Å². The topological polar surface area (TPSA) is 29.8 Å². The fraction of sp³-hybridized carbons (Fsp3) is 0.500. The molecule has 0 aromatic carbocycles. The largest absolute Gasteiger partial charge is 0.372 e. The molecular weight excluding hydrogens is 262 g/mol. The van der Waals surface area contributed by atoms with Crippen molar-refractivity contribution in [3.05, 3.63) is 30.1 Å². The molecule has 1 aliphatic rings. The second-order valence-electron chi connectivity index (χ2n) is 5.11. The highest BCUT2D eigenvalue weighted by Gasteiger charge is 2.26. The van der Waals surface area contributed by atoms with Crippen LogP contribution in [-0.4, -0.2) is 34.7 Å². The molecule has 3 heterocycles. The summed E-state index contributed by atoms with van der Waals surface area (Å²) in [5, 5.41) is 0. The minimum absolute atomic E-state index is 0.219. The summed E-state index contributed by atoms with van der Waals surface area (Å²) in [5.74, 6) is 1.45. The van der Waals surface area contributed by atoms with Crippen LogP contribution in [-0.2, 0) is 10.6 Å². The van der Waals surface area contributed by atoms with E-state index in [1.807, 2.05) is 24.4 Å². The molecule has 19 heavy (non-hydrogen) atoms. The van der Waals surface area contributed by atoms with Crippen molar-refractivity contribution in [2.75, 3.05) is 18.0 Å². The van der Waals surface area contributed by atoms with E-state index in [1.54, 1.807) is 0 Å². The number of anilines is 1. The van der Waals surface area contributed by atoms with Crippen LogP contribution >= 0.6 is 11.6 Å². The summed E-state index contributed by atoms with van der Waals surface area (Å²) >= 11 is 6.13. The van der Waals surface area contributed by atoms with Crippen molar-refractivity contribution in [3.63, 3.8) is 0 Å². The number of hydrogen-bond acceptors (Lipinski definition) is 3. The number of halogens is 1. The zero-order valence-corrected chi connectivity index (χ0v) is 12.0. The molecule has 0 saturated carbocycles. The van der Waals surface area contributed by atoms with Gasteiger partial charge in [-0.3, -0.25) is 0 Å². The van der Waals surface area contributed by atoms with E-state index in [2.05, 4.69) is 23.1 Å². The Labute approximate surface area is 117 Å². The van der Waals surface area contributed by atoms with E-state index in [9.17, 15) is 0 Å². The predicted molar refractivity (Wildman–Crippen MR) is 77.0 cm³/mol. The quantitative estimate of drug-likeness (QED) is 0.792. The van der Waals surface area contributed by atoms with Gasteiger partial charge in [0.05, 0.1) is 23.8 Å². The van der Waals surface area contributed by atoms with Gasteiger partial charge in [0.15, 0.2) is 5.82 Å². The number of ether oxygens (including phenoxy) is 1. The van der Waals surface area contributed by atoms with Crippen molar-refractivity contribution in [2.45, 2.75) is 31.9 Å². The summed E-state index contributed by atoms with van der Waals surface area (Å²) in [6.07, 6.45) is 2.45. The average molecular weight is 280 g/mol. The summed E-state index contributed by atoms with van der Waals surface area (Å²) in [7, 11) is 0. The number of imidazole rings is 1. The molecule has 102 valence electrons. The molecule has 0 spiro atoms. The van der Waals surface area contributed by atoms with E-state index in [-0.39, 0.29) is 12.2 Å². The Morgan fingerprint density at radius 3 is 2.74 bits per heavy atom. The third-order valence-corrected chi connectivity index (χ3v) is 3.71. The number of hydrogen-bond donors (Lipinski definition) is 0. The molecule has 1 fully saturated rings. The second kappa shape index (κ2) is 5.02. The molecule has 0 aliphatic carbocycles. The van der Waals surface area contributed by atoms with Crippen LogP contribution in [0.4, 0.5) is 5.82 Å². The Balaban J connectivity index is 2.04. The molecule has 1 saturated heterocycles. The molecule has 2 aromatic heterocycles. The van der Waals surface area contributed by atoms with Crippen molar-refractivity contribution >= 4 is 23.1 Å². The van der Waals surface area contributed by atoms with Gasteiger partial charge >= 0.3 is 0 Å². The number of fused-ring (bicyclic) bond motifs is 1. The maximum atomic E-state index is 6.13. The van der Waals surface area contributed by atoms with E-state index in [4.69, 9.17) is 21.3 Å². The molecule has 2 aromatic rings. The van der Waals surface area contributed by atoms with Crippen molar-refractivity contribution < 1.29 is 4.74 Å². The van der Waals surface area contributed by atoms with E-state index >= 15 is 0 Å². The van der Waals surface area contributed by atoms with E-state index in [1.165, 1.54) is 0 Å². The molecule has 1 aliphatic heterocycles. The van der Waals surface area contributed by atoms with Gasteiger partial charge in [-0.05, 0) is 26.0 Å². The second-order valence-corrected chi connectivity index (χ2v) is 5.37. The first-order chi connectivity index (χ1) is 9.19. The van der Waals surface area contributed by atoms with Gasteiger partial charge in [0.2, 0.25) is 0 Å². The predicted octanol–water partition coefficient (Wildman–Crippen LogP) is 2.69. The van der Waals surface area contributed by atoms with Crippen LogP contribution in [0.25, 0.3) is 5.65 Å². The smallest absolute Gasteiger partial charge is 0.152 e. The summed E-state index contributed by atoms with van der Waals surface area (Å²) in [6.45, 7) is 5.91. The van der Waals surface area contributed by atoms with Gasteiger partial charge in [0, 0.05) is 19.3 Å². The molecule has 0 unspecified atom stereocenters. The summed E-state index contributed by atoms with van der Waals surface area (Å²) in [4.78, 5) is 7.01. The molecule has 3 rings (SSSR count). The fourth-order valence-corrected chi connectivity index (χ4v) is 3.01. The average Bonchev–Trinajstić information content (AvgIpc) is 2.76. The van der Waals surface area contributed by atoms with Gasteiger partial charge in [0.25, 0.3) is 0 Å². The molecule has 4 nitrogen and oxygen atoms in total. The van der Waals surface area contributed by atoms with E-state index in [0.29, 0.717) is 5.88 Å². The fourth-order valence-electron chi connectivity index (χ4n) is 2.76. The summed E-state index contributed by atoms with van der Waals surface area (Å²) in [5.41, 5.74) is 2.00. The lowest BCUT2D eigenvalue weighted by Gasteiger charge is -2.35. The van der Waals surface area contributed by atoms with Crippen LogP contribution in [0.3, 0.4) is 0 Å². The maximum absolute atomic E-state index is 6.13. The highest BCUT2D eigenvalue weighted by molar-refractivity contribution is 6.17. The Hall–Kier alpha value is -1.26. The summed E-state index contributed by atoms with van der Waals surface area (Å²) in [6, 6.07) is 6.00. The molecule has 0 N–H and O–H groups in total. The first-order valence-electron chi connectivity index (χ1n) is 6.61. The number of rotatable bonds is 2. The van der Waals surface area contributed by atoms with Crippen molar-refractivity contribution in [1.82, 2.24) is 9.38 Å². The zero-order chi connectivity index (χ0) is 13.4. The Morgan fingerprint density at radius 1 is 1.32 bits per heavy atom. The van der Waals surface area contributed by atoms with Crippen LogP contribution in [0.5, 0.6) is 0 Å². The third-order valence-electron chi connectivity index (χ3n) is 3.45. The van der Waals surface area contributed by atoms with Crippen molar-refractivity contribution in [2.24, 2.45) is 0 Å². The minimum atomic E-state index is 0.219. The molecule has 0 radical (unpaired) electrons. The Morgan fingerprint density at radius 2 is 2.05 bits per heavy atom. The molecule has 0 amide bonds. The monoisotopic (exact) mass is 279 g/mol. The number of alkyl halides is 1. The third kappa shape index (κ3) is 2.30. The van der Waals surface area contributed by atoms with Gasteiger partial charge < -0.3 is 14.0 Å². The van der Waals surface area contributed by atoms with Gasteiger partial charge in [0.1, 0.15) is 5.65 Å². The number of morpholine rings is 1. The molecule has 5 heteroatoms. The van der Waals surface area contributed by atoms with E-state index in [0.717, 1.165) is 30.2 Å². The van der Waals surface area contributed by atoms with Crippen LogP contribution in [0.2, 0.25) is 0 Å². The summed E-state index contributed by atoms with van der Waals surface area (Å²) < 4.78 is 7.84. The normalized spacial score (nSPS) is 24.1. The SMILES string of the molecule is C[C@@H]1CN(c2nc3ccccn3c2CCl)C[C@H](C)O1.